The molecule has 0 spiro atoms. The Hall–Kier alpha value is -3.85. The van der Waals surface area contributed by atoms with Gasteiger partial charge in [-0.1, -0.05) is 36.3 Å². The van der Waals surface area contributed by atoms with Gasteiger partial charge in [-0.15, -0.1) is 6.42 Å². The smallest absolute Gasteiger partial charge is 0.335 e. The standard InChI is InChI=1S/C21H16N2O4/c1-3-11-27-18-10-5-4-8-15(18)13-17-19(24)22-21(26)23(20(17)25)16-9-6-7-14(2)12-16/h1,4-10,12-13H,11H2,2H3,(H,22,24,26)/b17-13+. The van der Waals surface area contributed by atoms with Gasteiger partial charge in [0.1, 0.15) is 17.9 Å². The number of ether oxygens (including phenoxy) is 1. The van der Waals surface area contributed by atoms with Crippen molar-refractivity contribution in [2.75, 3.05) is 11.5 Å². The molecule has 1 aliphatic heterocycles. The lowest BCUT2D eigenvalue weighted by Gasteiger charge is -2.26. The molecule has 0 unspecified atom stereocenters. The van der Waals surface area contributed by atoms with E-state index in [1.807, 2.05) is 13.0 Å². The number of aryl methyl sites for hydroxylation is 1. The van der Waals surface area contributed by atoms with Gasteiger partial charge in [0.05, 0.1) is 5.69 Å². The summed E-state index contributed by atoms with van der Waals surface area (Å²) in [6, 6.07) is 13.0. The molecule has 6 nitrogen and oxygen atoms in total. The van der Waals surface area contributed by atoms with Gasteiger partial charge in [-0.2, -0.15) is 0 Å². The second kappa shape index (κ2) is 7.58. The predicted molar refractivity (Wildman–Crippen MR) is 101 cm³/mol. The Labute approximate surface area is 156 Å². The van der Waals surface area contributed by atoms with E-state index in [4.69, 9.17) is 11.2 Å². The number of terminal acetylenes is 1. The summed E-state index contributed by atoms with van der Waals surface area (Å²) in [4.78, 5) is 38.3. The average molecular weight is 360 g/mol. The lowest BCUT2D eigenvalue weighted by atomic mass is 10.1. The van der Waals surface area contributed by atoms with Crippen LogP contribution in [0.1, 0.15) is 11.1 Å². The first-order chi connectivity index (χ1) is 13.0. The molecule has 0 saturated carbocycles. The van der Waals surface area contributed by atoms with Crippen molar-refractivity contribution in [3.05, 3.63) is 65.2 Å². The number of rotatable bonds is 4. The van der Waals surface area contributed by atoms with Gasteiger partial charge >= 0.3 is 6.03 Å². The number of hydrogen-bond acceptors (Lipinski definition) is 4. The molecule has 0 atom stereocenters. The lowest BCUT2D eigenvalue weighted by molar-refractivity contribution is -0.122. The lowest BCUT2D eigenvalue weighted by Crippen LogP contribution is -2.54. The van der Waals surface area contributed by atoms with E-state index < -0.39 is 17.8 Å². The Balaban J connectivity index is 2.02. The second-order valence-electron chi connectivity index (χ2n) is 5.83. The summed E-state index contributed by atoms with van der Waals surface area (Å²) >= 11 is 0. The minimum atomic E-state index is -0.787. The van der Waals surface area contributed by atoms with Gasteiger partial charge in [-0.3, -0.25) is 14.9 Å². The van der Waals surface area contributed by atoms with E-state index in [0.29, 0.717) is 17.0 Å². The Morgan fingerprint density at radius 2 is 1.93 bits per heavy atom. The molecule has 1 N–H and O–H groups in total. The summed E-state index contributed by atoms with van der Waals surface area (Å²) in [6.45, 7) is 1.89. The molecule has 1 fully saturated rings. The third-order valence-electron chi connectivity index (χ3n) is 3.89. The molecule has 27 heavy (non-hydrogen) atoms. The van der Waals surface area contributed by atoms with Gasteiger partial charge in [0.2, 0.25) is 0 Å². The van der Waals surface area contributed by atoms with Gasteiger partial charge in [0, 0.05) is 5.56 Å². The molecule has 3 rings (SSSR count). The highest BCUT2D eigenvalue weighted by Crippen LogP contribution is 2.25. The molecule has 2 aromatic carbocycles. The number of barbiturate groups is 1. The van der Waals surface area contributed by atoms with Crippen LogP contribution < -0.4 is 15.0 Å². The van der Waals surface area contributed by atoms with Gasteiger partial charge in [0.25, 0.3) is 11.8 Å². The summed E-state index contributed by atoms with van der Waals surface area (Å²) in [5.41, 5.74) is 1.59. The van der Waals surface area contributed by atoms with Crippen LogP contribution in [0.3, 0.4) is 0 Å². The average Bonchev–Trinajstić information content (AvgIpc) is 2.64. The molecule has 0 aliphatic carbocycles. The van der Waals surface area contributed by atoms with E-state index in [2.05, 4.69) is 11.2 Å². The minimum absolute atomic E-state index is 0.0498. The van der Waals surface area contributed by atoms with Gasteiger partial charge in [-0.25, -0.2) is 9.69 Å². The van der Waals surface area contributed by atoms with Crippen LogP contribution in [0.2, 0.25) is 0 Å². The first kappa shape index (κ1) is 18.0. The molecule has 134 valence electrons. The fourth-order valence-electron chi connectivity index (χ4n) is 2.67. The maximum absolute atomic E-state index is 12.9. The molecule has 1 heterocycles. The van der Waals surface area contributed by atoms with Crippen molar-refractivity contribution in [2.24, 2.45) is 0 Å². The van der Waals surface area contributed by atoms with Crippen molar-refractivity contribution in [1.29, 1.82) is 0 Å². The Kier molecular flexibility index (Phi) is 5.04. The molecule has 0 aromatic heterocycles. The summed E-state index contributed by atoms with van der Waals surface area (Å²) in [7, 11) is 0. The molecule has 0 bridgehead atoms. The van der Waals surface area contributed by atoms with Crippen LogP contribution in [0.15, 0.2) is 54.1 Å². The first-order valence-corrected chi connectivity index (χ1v) is 8.14. The number of hydrogen-bond donors (Lipinski definition) is 1. The third kappa shape index (κ3) is 3.72. The van der Waals surface area contributed by atoms with Crippen molar-refractivity contribution < 1.29 is 19.1 Å². The Bertz CT molecular complexity index is 1000. The predicted octanol–water partition coefficient (Wildman–Crippen LogP) is 2.67. The highest BCUT2D eigenvalue weighted by molar-refractivity contribution is 6.39. The number of nitrogens with zero attached hydrogens (tertiary/aromatic N) is 1. The summed E-state index contributed by atoms with van der Waals surface area (Å²) < 4.78 is 5.44. The maximum atomic E-state index is 12.9. The summed E-state index contributed by atoms with van der Waals surface area (Å²) in [5, 5.41) is 2.20. The zero-order valence-electron chi connectivity index (χ0n) is 14.6. The molecule has 0 radical (unpaired) electrons. The van der Waals surface area contributed by atoms with E-state index in [1.165, 1.54) is 6.08 Å². The molecular formula is C21H16N2O4. The number of anilines is 1. The highest BCUT2D eigenvalue weighted by Gasteiger charge is 2.36. The SMILES string of the molecule is C#CCOc1ccccc1/C=C1\C(=O)NC(=O)N(c2cccc(C)c2)C1=O. The van der Waals surface area contributed by atoms with Crippen LogP contribution in [0.5, 0.6) is 5.75 Å². The maximum Gasteiger partial charge on any atom is 0.335 e. The van der Waals surface area contributed by atoms with Gasteiger partial charge in [-0.05, 0) is 36.8 Å². The van der Waals surface area contributed by atoms with Crippen LogP contribution in [-0.4, -0.2) is 24.5 Å². The van der Waals surface area contributed by atoms with Gasteiger partial charge < -0.3 is 4.74 Å². The van der Waals surface area contributed by atoms with E-state index in [1.54, 1.807) is 42.5 Å². The zero-order chi connectivity index (χ0) is 19.4. The quantitative estimate of drug-likeness (QED) is 0.517. The number of amides is 4. The molecule has 6 heteroatoms. The van der Waals surface area contributed by atoms with Crippen LogP contribution in [-0.2, 0) is 9.59 Å². The second-order valence-corrected chi connectivity index (χ2v) is 5.83. The number of imide groups is 2. The number of carbonyl (C=O) groups excluding carboxylic acids is 3. The van der Waals surface area contributed by atoms with Crippen LogP contribution in [0.25, 0.3) is 6.08 Å². The van der Waals surface area contributed by atoms with E-state index in [0.717, 1.165) is 10.5 Å². The number of urea groups is 1. The Morgan fingerprint density at radius 1 is 1.15 bits per heavy atom. The summed E-state index contributed by atoms with van der Waals surface area (Å²) in [6.07, 6.45) is 6.60. The Morgan fingerprint density at radius 3 is 2.67 bits per heavy atom. The largest absolute Gasteiger partial charge is 0.480 e. The van der Waals surface area contributed by atoms with Crippen LogP contribution in [0.4, 0.5) is 10.5 Å². The monoisotopic (exact) mass is 360 g/mol. The summed E-state index contributed by atoms with van der Waals surface area (Å²) in [5.74, 6) is 1.32. The number of para-hydroxylation sites is 1. The fourth-order valence-corrected chi connectivity index (χ4v) is 2.67. The van der Waals surface area contributed by atoms with Gasteiger partial charge in [0.15, 0.2) is 0 Å². The van der Waals surface area contributed by atoms with Crippen molar-refractivity contribution in [1.82, 2.24) is 5.32 Å². The zero-order valence-corrected chi connectivity index (χ0v) is 14.6. The molecule has 2 aromatic rings. The van der Waals surface area contributed by atoms with E-state index in [-0.39, 0.29) is 12.2 Å². The van der Waals surface area contributed by atoms with Crippen molar-refractivity contribution in [3.63, 3.8) is 0 Å². The topological polar surface area (TPSA) is 75.7 Å². The molecule has 1 aliphatic rings. The minimum Gasteiger partial charge on any atom is -0.480 e. The molecule has 1 saturated heterocycles. The third-order valence-corrected chi connectivity index (χ3v) is 3.89. The first-order valence-electron chi connectivity index (χ1n) is 8.14. The van der Waals surface area contributed by atoms with E-state index >= 15 is 0 Å². The van der Waals surface area contributed by atoms with E-state index in [9.17, 15) is 14.4 Å². The van der Waals surface area contributed by atoms with Crippen molar-refractivity contribution in [3.8, 4) is 18.1 Å². The van der Waals surface area contributed by atoms with Crippen LogP contribution >= 0.6 is 0 Å². The number of carbonyl (C=O) groups is 3. The molecule has 4 amide bonds. The number of nitrogens with one attached hydrogen (secondary N) is 1. The van der Waals surface area contributed by atoms with Crippen molar-refractivity contribution >= 4 is 29.6 Å². The highest BCUT2D eigenvalue weighted by atomic mass is 16.5. The number of benzene rings is 2. The molecular weight excluding hydrogens is 344 g/mol. The normalized spacial score (nSPS) is 15.5. The van der Waals surface area contributed by atoms with Crippen LogP contribution in [0, 0.1) is 19.3 Å². The van der Waals surface area contributed by atoms with Crippen molar-refractivity contribution in [2.45, 2.75) is 6.92 Å². The fraction of sp³-hybridized carbons (Fsp3) is 0.0952.